The zero-order valence-electron chi connectivity index (χ0n) is 10.3. The van der Waals surface area contributed by atoms with Crippen LogP contribution in [0.25, 0.3) is 16.8 Å². The first-order valence-corrected chi connectivity index (χ1v) is 6.40. The second-order valence-corrected chi connectivity index (χ2v) is 6.03. The second-order valence-electron chi connectivity index (χ2n) is 6.03. The van der Waals surface area contributed by atoms with Crippen LogP contribution in [0, 0.1) is 5.41 Å². The molecule has 1 fully saturated rings. The predicted octanol–water partition coefficient (Wildman–Crippen LogP) is 4.75. The molecule has 0 radical (unpaired) electrons. The van der Waals surface area contributed by atoms with Crippen LogP contribution in [0.1, 0.15) is 37.3 Å². The van der Waals surface area contributed by atoms with Crippen molar-refractivity contribution in [1.82, 2.24) is 0 Å². The number of rotatable bonds is 0. The smallest absolute Gasteiger partial charge is 0.00713 e. The van der Waals surface area contributed by atoms with Crippen LogP contribution in [0.4, 0.5) is 0 Å². The van der Waals surface area contributed by atoms with E-state index in [1.807, 2.05) is 0 Å². The third kappa shape index (κ3) is 1.08. The van der Waals surface area contributed by atoms with Gasteiger partial charge in [0.25, 0.3) is 0 Å². The van der Waals surface area contributed by atoms with Crippen LogP contribution >= 0.6 is 0 Å². The van der Waals surface area contributed by atoms with E-state index in [0.717, 1.165) is 0 Å². The molecule has 17 heavy (non-hydrogen) atoms. The Labute approximate surface area is 102 Å². The summed E-state index contributed by atoms with van der Waals surface area (Å²) in [6.45, 7) is 4.73. The van der Waals surface area contributed by atoms with Gasteiger partial charge in [0.1, 0.15) is 0 Å². The summed E-state index contributed by atoms with van der Waals surface area (Å²) in [7, 11) is 0. The number of benzene rings is 2. The minimum Gasteiger partial charge on any atom is -0.0613 e. The van der Waals surface area contributed by atoms with E-state index in [-0.39, 0.29) is 0 Å². The van der Waals surface area contributed by atoms with Crippen molar-refractivity contribution in [1.29, 1.82) is 0 Å². The fourth-order valence-corrected chi connectivity index (χ4v) is 3.63. The highest BCUT2D eigenvalue weighted by Crippen LogP contribution is 2.59. The third-order valence-electron chi connectivity index (χ3n) is 4.53. The summed E-state index contributed by atoms with van der Waals surface area (Å²) in [5, 5.41) is 2.87. The molecule has 0 aliphatic heterocycles. The Bertz CT molecular complexity index is 654. The van der Waals surface area contributed by atoms with Crippen molar-refractivity contribution >= 4 is 16.8 Å². The molecule has 2 aliphatic rings. The minimum absolute atomic E-state index is 0.403. The van der Waals surface area contributed by atoms with Crippen LogP contribution in [0.15, 0.2) is 42.0 Å². The zero-order chi connectivity index (χ0) is 11.6. The van der Waals surface area contributed by atoms with Crippen molar-refractivity contribution in [3.8, 4) is 0 Å². The molecular formula is C17H16. The average Bonchev–Trinajstić information content (AvgIpc) is 2.32. The van der Waals surface area contributed by atoms with Gasteiger partial charge >= 0.3 is 0 Å². The molecule has 1 unspecified atom stereocenters. The number of hydrogen-bond donors (Lipinski definition) is 0. The van der Waals surface area contributed by atoms with E-state index in [0.29, 0.717) is 11.3 Å². The molecule has 2 aliphatic carbocycles. The highest BCUT2D eigenvalue weighted by atomic mass is 14.5. The van der Waals surface area contributed by atoms with Crippen molar-refractivity contribution in [3.05, 3.63) is 53.1 Å². The molecule has 1 atom stereocenters. The van der Waals surface area contributed by atoms with E-state index in [1.165, 1.54) is 22.8 Å². The zero-order valence-corrected chi connectivity index (χ0v) is 10.3. The number of hydrogen-bond acceptors (Lipinski definition) is 0. The van der Waals surface area contributed by atoms with Crippen molar-refractivity contribution in [2.45, 2.75) is 26.2 Å². The fraction of sp³-hybridized carbons (Fsp3) is 0.294. The first-order valence-electron chi connectivity index (χ1n) is 6.40. The van der Waals surface area contributed by atoms with Gasteiger partial charge in [0.2, 0.25) is 0 Å². The van der Waals surface area contributed by atoms with Crippen molar-refractivity contribution in [2.24, 2.45) is 5.41 Å². The van der Waals surface area contributed by atoms with Gasteiger partial charge in [-0.1, -0.05) is 61.9 Å². The summed E-state index contributed by atoms with van der Waals surface area (Å²) in [5.41, 5.74) is 5.00. The van der Waals surface area contributed by atoms with Crippen LogP contribution in [0.3, 0.4) is 0 Å². The molecule has 1 saturated carbocycles. The van der Waals surface area contributed by atoms with E-state index >= 15 is 0 Å². The highest BCUT2D eigenvalue weighted by molar-refractivity contribution is 5.97. The summed E-state index contributed by atoms with van der Waals surface area (Å²) in [5.74, 6) is 0.684. The largest absolute Gasteiger partial charge is 0.0613 e. The summed E-state index contributed by atoms with van der Waals surface area (Å²) < 4.78 is 0. The van der Waals surface area contributed by atoms with Crippen LogP contribution in [0.5, 0.6) is 0 Å². The van der Waals surface area contributed by atoms with Crippen molar-refractivity contribution in [3.63, 3.8) is 0 Å². The van der Waals surface area contributed by atoms with Crippen LogP contribution in [-0.2, 0) is 0 Å². The Morgan fingerprint density at radius 1 is 1.06 bits per heavy atom. The van der Waals surface area contributed by atoms with Crippen molar-refractivity contribution in [2.75, 3.05) is 0 Å². The Kier molecular flexibility index (Phi) is 1.57. The molecule has 0 heteroatoms. The van der Waals surface area contributed by atoms with Crippen LogP contribution in [0.2, 0.25) is 0 Å². The molecule has 2 aromatic rings. The summed E-state index contributed by atoms with van der Waals surface area (Å²) in [6, 6.07) is 13.4. The molecule has 0 saturated heterocycles. The molecule has 0 spiro atoms. The maximum absolute atomic E-state index is 2.43. The Hall–Kier alpha value is -1.56. The summed E-state index contributed by atoms with van der Waals surface area (Å²) in [6.07, 6.45) is 3.73. The summed E-state index contributed by atoms with van der Waals surface area (Å²) >= 11 is 0. The topological polar surface area (TPSA) is 0 Å². The molecule has 0 aromatic heterocycles. The minimum atomic E-state index is 0.403. The van der Waals surface area contributed by atoms with Gasteiger partial charge in [-0.15, -0.1) is 0 Å². The van der Waals surface area contributed by atoms with Gasteiger partial charge in [0, 0.05) is 5.92 Å². The quantitative estimate of drug-likeness (QED) is 0.601. The standard InChI is InChI=1S/C17H16/c1-17(2)10-14-13-8-4-6-11-5-3-7-12(16(11)13)9-15(14)17/h3-9,14H,10H2,1-2H3. The van der Waals surface area contributed by atoms with E-state index < -0.39 is 0 Å². The molecule has 0 amide bonds. The summed E-state index contributed by atoms with van der Waals surface area (Å²) in [4.78, 5) is 0. The van der Waals surface area contributed by atoms with Gasteiger partial charge in [-0.3, -0.25) is 0 Å². The van der Waals surface area contributed by atoms with Gasteiger partial charge in [-0.2, -0.15) is 0 Å². The Balaban J connectivity index is 2.10. The highest BCUT2D eigenvalue weighted by Gasteiger charge is 2.44. The molecule has 4 rings (SSSR count). The lowest BCUT2D eigenvalue weighted by Crippen LogP contribution is -2.35. The number of allylic oxidation sites excluding steroid dienone is 1. The fourth-order valence-electron chi connectivity index (χ4n) is 3.63. The third-order valence-corrected chi connectivity index (χ3v) is 4.53. The van der Waals surface area contributed by atoms with E-state index in [9.17, 15) is 0 Å². The normalized spacial score (nSPS) is 23.9. The SMILES string of the molecule is CC1(C)CC2C1=Cc1cccc3cccc2c13. The van der Waals surface area contributed by atoms with E-state index in [2.05, 4.69) is 56.3 Å². The average molecular weight is 220 g/mol. The Morgan fingerprint density at radius 3 is 2.59 bits per heavy atom. The predicted molar refractivity (Wildman–Crippen MR) is 73.1 cm³/mol. The van der Waals surface area contributed by atoms with E-state index in [1.54, 1.807) is 11.1 Å². The molecule has 2 aromatic carbocycles. The second kappa shape index (κ2) is 2.81. The monoisotopic (exact) mass is 220 g/mol. The van der Waals surface area contributed by atoms with Gasteiger partial charge < -0.3 is 0 Å². The van der Waals surface area contributed by atoms with Crippen molar-refractivity contribution < 1.29 is 0 Å². The molecule has 84 valence electrons. The van der Waals surface area contributed by atoms with Gasteiger partial charge in [-0.25, -0.2) is 0 Å². The van der Waals surface area contributed by atoms with Gasteiger partial charge in [0.05, 0.1) is 0 Å². The molecule has 0 N–H and O–H groups in total. The number of fused-ring (bicyclic) bond motifs is 2. The van der Waals surface area contributed by atoms with Gasteiger partial charge in [0.15, 0.2) is 0 Å². The van der Waals surface area contributed by atoms with Crippen LogP contribution in [-0.4, -0.2) is 0 Å². The van der Waals surface area contributed by atoms with Crippen LogP contribution < -0.4 is 0 Å². The molecule has 0 bridgehead atoms. The lowest BCUT2D eigenvalue weighted by Gasteiger charge is -2.49. The molecule has 0 heterocycles. The first kappa shape index (κ1) is 9.47. The Morgan fingerprint density at radius 2 is 1.82 bits per heavy atom. The lowest BCUT2D eigenvalue weighted by atomic mass is 9.55. The van der Waals surface area contributed by atoms with Gasteiger partial charge in [-0.05, 0) is 33.7 Å². The maximum Gasteiger partial charge on any atom is 0.00713 e. The molecular weight excluding hydrogens is 204 g/mol. The lowest BCUT2D eigenvalue weighted by molar-refractivity contribution is 0.270. The first-order chi connectivity index (χ1) is 8.17. The molecule has 0 nitrogen and oxygen atoms in total. The maximum atomic E-state index is 2.43. The van der Waals surface area contributed by atoms with E-state index in [4.69, 9.17) is 0 Å².